The van der Waals surface area contributed by atoms with Gasteiger partial charge in [0.25, 0.3) is 0 Å². The summed E-state index contributed by atoms with van der Waals surface area (Å²) in [7, 11) is 0. The molecule has 0 radical (unpaired) electrons. The van der Waals surface area contributed by atoms with Crippen LogP contribution in [0.4, 0.5) is 0 Å². The van der Waals surface area contributed by atoms with Gasteiger partial charge in [0.1, 0.15) is 0 Å². The molecule has 0 aromatic carbocycles. The van der Waals surface area contributed by atoms with Gasteiger partial charge in [0.2, 0.25) is 0 Å². The Morgan fingerprint density at radius 3 is 2.57 bits per heavy atom. The Labute approximate surface area is 59.8 Å². The third kappa shape index (κ3) is 1.10. The molecule has 0 spiro atoms. The van der Waals surface area contributed by atoms with E-state index >= 15 is 0 Å². The van der Waals surface area contributed by atoms with Crippen molar-refractivity contribution in [2.45, 2.75) is 0 Å². The zero-order valence-corrected chi connectivity index (χ0v) is 6.23. The van der Waals surface area contributed by atoms with E-state index in [-0.39, 0.29) is 0 Å². The van der Waals surface area contributed by atoms with E-state index in [0.717, 1.165) is 3.77 Å². The lowest BCUT2D eigenvalue weighted by Gasteiger charge is -1.74. The Hall–Kier alpha value is 0.300. The van der Waals surface area contributed by atoms with E-state index in [0.29, 0.717) is 5.02 Å². The third-order valence-corrected chi connectivity index (χ3v) is 2.03. The Bertz CT molecular complexity index is 144. The van der Waals surface area contributed by atoms with Crippen molar-refractivity contribution in [1.82, 2.24) is 0 Å². The molecule has 1 nitrogen and oxygen atoms in total. The molecule has 0 N–H and O–H groups in total. The van der Waals surface area contributed by atoms with Crippen LogP contribution in [-0.4, -0.2) is 0 Å². The molecule has 0 saturated carbocycles. The summed E-state index contributed by atoms with van der Waals surface area (Å²) in [5.74, 6) is 0. The Balaban J connectivity index is 3.12. The Morgan fingerprint density at radius 2 is 2.43 bits per heavy atom. The second-order valence-corrected chi connectivity index (χ2v) is 2.43. The monoisotopic (exact) mass is 228 g/mol. The van der Waals surface area contributed by atoms with Crippen LogP contribution in [0.5, 0.6) is 0 Å². The molecule has 0 saturated heterocycles. The number of rotatable bonds is 0. The summed E-state index contributed by atoms with van der Waals surface area (Å²) >= 11 is 7.54. The van der Waals surface area contributed by atoms with Crippen LogP contribution in [0.3, 0.4) is 0 Å². The Morgan fingerprint density at radius 1 is 1.71 bits per heavy atom. The van der Waals surface area contributed by atoms with Crippen molar-refractivity contribution in [2.75, 3.05) is 0 Å². The zero-order valence-electron chi connectivity index (χ0n) is 3.32. The number of furan rings is 1. The topological polar surface area (TPSA) is 13.1 Å². The minimum absolute atomic E-state index is 0.681. The van der Waals surface area contributed by atoms with Crippen LogP contribution in [0.15, 0.2) is 16.7 Å². The van der Waals surface area contributed by atoms with E-state index in [2.05, 4.69) is 0 Å². The fourth-order valence-corrected chi connectivity index (χ4v) is 0.698. The molecule has 38 valence electrons. The first-order chi connectivity index (χ1) is 3.30. The van der Waals surface area contributed by atoms with Crippen molar-refractivity contribution < 1.29 is 4.42 Å². The predicted octanol–water partition coefficient (Wildman–Crippen LogP) is 2.54. The van der Waals surface area contributed by atoms with Gasteiger partial charge in [-0.25, -0.2) is 0 Å². The van der Waals surface area contributed by atoms with Crippen molar-refractivity contribution in [1.29, 1.82) is 0 Å². The molecule has 0 unspecified atom stereocenters. The lowest BCUT2D eigenvalue weighted by atomic mass is 10.7. The van der Waals surface area contributed by atoms with Gasteiger partial charge < -0.3 is 4.42 Å². The molecule has 0 aliphatic carbocycles. The lowest BCUT2D eigenvalue weighted by Crippen LogP contribution is -1.53. The van der Waals surface area contributed by atoms with Crippen LogP contribution in [0, 0.1) is 3.77 Å². The first-order valence-electron chi connectivity index (χ1n) is 1.69. The first kappa shape index (κ1) is 5.44. The minimum atomic E-state index is 0.681. The molecule has 3 heteroatoms. The minimum Gasteiger partial charge on any atom is -0.457 e. The van der Waals surface area contributed by atoms with Crippen LogP contribution in [0.2, 0.25) is 5.02 Å². The third-order valence-electron chi connectivity index (χ3n) is 0.574. The molecule has 0 amide bonds. The van der Waals surface area contributed by atoms with Gasteiger partial charge in [-0.05, 0) is 6.07 Å². The maximum atomic E-state index is 5.52. The normalized spacial score (nSPS) is 9.43. The van der Waals surface area contributed by atoms with Crippen molar-refractivity contribution in [3.63, 3.8) is 0 Å². The molecule has 0 fully saturated rings. The average molecular weight is 228 g/mol. The molecule has 7 heavy (non-hydrogen) atoms. The molecule has 1 aromatic heterocycles. The number of hydrogen-bond acceptors (Lipinski definition) is 1. The SMILES string of the molecule is Clc1ccoc1I. The largest absolute Gasteiger partial charge is 0.457 e. The number of halogens is 2. The Kier molecular flexibility index (Phi) is 1.59. The molecule has 0 atom stereocenters. The highest BCUT2D eigenvalue weighted by Crippen LogP contribution is 2.17. The van der Waals surface area contributed by atoms with E-state index in [4.69, 9.17) is 16.0 Å². The van der Waals surface area contributed by atoms with Crippen molar-refractivity contribution >= 4 is 34.2 Å². The second-order valence-electron chi connectivity index (χ2n) is 1.04. The molecule has 0 aliphatic heterocycles. The van der Waals surface area contributed by atoms with E-state index in [1.807, 2.05) is 22.6 Å². The second kappa shape index (κ2) is 2.05. The fraction of sp³-hybridized carbons (Fsp3) is 0. The van der Waals surface area contributed by atoms with E-state index in [1.165, 1.54) is 0 Å². The van der Waals surface area contributed by atoms with Crippen molar-refractivity contribution in [2.24, 2.45) is 0 Å². The molecule has 1 rings (SSSR count). The van der Waals surface area contributed by atoms with Crippen molar-refractivity contribution in [3.8, 4) is 0 Å². The summed E-state index contributed by atoms with van der Waals surface area (Å²) in [4.78, 5) is 0. The highest BCUT2D eigenvalue weighted by Gasteiger charge is 1.94. The first-order valence-corrected chi connectivity index (χ1v) is 3.15. The van der Waals surface area contributed by atoms with Gasteiger partial charge in [-0.15, -0.1) is 0 Å². The van der Waals surface area contributed by atoms with Gasteiger partial charge >= 0.3 is 0 Å². The van der Waals surface area contributed by atoms with Gasteiger partial charge in [0, 0.05) is 22.6 Å². The van der Waals surface area contributed by atoms with Crippen LogP contribution in [0.1, 0.15) is 0 Å². The van der Waals surface area contributed by atoms with Gasteiger partial charge in [0.05, 0.1) is 11.3 Å². The predicted molar refractivity (Wildman–Crippen MR) is 36.4 cm³/mol. The molecule has 1 heterocycles. The summed E-state index contributed by atoms with van der Waals surface area (Å²) in [6.07, 6.45) is 1.56. The van der Waals surface area contributed by atoms with E-state index in [1.54, 1.807) is 12.3 Å². The van der Waals surface area contributed by atoms with Crippen LogP contribution < -0.4 is 0 Å². The standard InChI is InChI=1S/C4H2ClIO/c5-3-1-2-7-4(3)6/h1-2H. The van der Waals surface area contributed by atoms with Crippen LogP contribution in [0.25, 0.3) is 0 Å². The highest BCUT2D eigenvalue weighted by molar-refractivity contribution is 14.1. The number of hydrogen-bond donors (Lipinski definition) is 0. The summed E-state index contributed by atoms with van der Waals surface area (Å²) in [5.41, 5.74) is 0. The molecule has 0 bridgehead atoms. The maximum absolute atomic E-state index is 5.52. The van der Waals surface area contributed by atoms with Gasteiger partial charge in [0.15, 0.2) is 3.77 Å². The van der Waals surface area contributed by atoms with Crippen LogP contribution >= 0.6 is 34.2 Å². The summed E-state index contributed by atoms with van der Waals surface area (Å²) in [6.45, 7) is 0. The molecule has 1 aromatic rings. The van der Waals surface area contributed by atoms with Gasteiger partial charge in [-0.2, -0.15) is 0 Å². The van der Waals surface area contributed by atoms with E-state index in [9.17, 15) is 0 Å². The molecule has 0 aliphatic rings. The van der Waals surface area contributed by atoms with Crippen molar-refractivity contribution in [3.05, 3.63) is 21.1 Å². The fourth-order valence-electron chi connectivity index (χ4n) is 0.275. The lowest BCUT2D eigenvalue weighted by molar-refractivity contribution is 0.538. The van der Waals surface area contributed by atoms with Gasteiger partial charge in [-0.1, -0.05) is 11.6 Å². The van der Waals surface area contributed by atoms with Crippen LogP contribution in [-0.2, 0) is 0 Å². The summed E-state index contributed by atoms with van der Waals surface area (Å²) in [6, 6.07) is 1.71. The average Bonchev–Trinajstić information content (AvgIpc) is 1.91. The molecular formula is C4H2ClIO. The smallest absolute Gasteiger partial charge is 0.182 e. The maximum Gasteiger partial charge on any atom is 0.182 e. The highest BCUT2D eigenvalue weighted by atomic mass is 127. The summed E-state index contributed by atoms with van der Waals surface area (Å²) < 4.78 is 5.57. The van der Waals surface area contributed by atoms with Gasteiger partial charge in [-0.3, -0.25) is 0 Å². The molecular weight excluding hydrogens is 226 g/mol. The van der Waals surface area contributed by atoms with E-state index < -0.39 is 0 Å². The quantitative estimate of drug-likeness (QED) is 0.622. The zero-order chi connectivity index (χ0) is 5.28. The summed E-state index contributed by atoms with van der Waals surface area (Å²) in [5, 5.41) is 0.681.